The number of fused-ring (bicyclic) bond motifs is 1. The lowest BCUT2D eigenvalue weighted by Crippen LogP contribution is -2.24. The first-order valence-corrected chi connectivity index (χ1v) is 8.72. The van der Waals surface area contributed by atoms with Crippen molar-refractivity contribution in [2.75, 3.05) is 7.11 Å². The highest BCUT2D eigenvalue weighted by Crippen LogP contribution is 2.29. The van der Waals surface area contributed by atoms with Crippen LogP contribution in [-0.2, 0) is 6.54 Å². The first kappa shape index (κ1) is 19.8. The van der Waals surface area contributed by atoms with Crippen LogP contribution in [0.15, 0.2) is 42.5 Å². The van der Waals surface area contributed by atoms with Crippen LogP contribution in [-0.4, -0.2) is 24.6 Å². The van der Waals surface area contributed by atoms with E-state index in [4.69, 9.17) is 16.3 Å². The van der Waals surface area contributed by atoms with Crippen molar-refractivity contribution < 1.29 is 23.0 Å². The van der Waals surface area contributed by atoms with Crippen molar-refractivity contribution >= 4 is 28.4 Å². The first-order valence-electron chi connectivity index (χ1n) is 8.34. The predicted molar refractivity (Wildman–Crippen MR) is 102 cm³/mol. The molecule has 28 heavy (non-hydrogen) atoms. The second-order valence-electron chi connectivity index (χ2n) is 6.00. The van der Waals surface area contributed by atoms with E-state index < -0.39 is 6.61 Å². The molecule has 0 atom stereocenters. The molecule has 146 valence electrons. The Balaban J connectivity index is 1.77. The molecule has 0 spiro atoms. The normalized spacial score (nSPS) is 10.9. The number of alkyl halides is 2. The van der Waals surface area contributed by atoms with Gasteiger partial charge in [0.05, 0.1) is 23.9 Å². The molecule has 2 aromatic carbocycles. The second-order valence-corrected chi connectivity index (χ2v) is 6.44. The van der Waals surface area contributed by atoms with Gasteiger partial charge >= 0.3 is 6.61 Å². The van der Waals surface area contributed by atoms with Crippen molar-refractivity contribution in [1.82, 2.24) is 10.3 Å². The number of ether oxygens (including phenoxy) is 2. The van der Waals surface area contributed by atoms with Gasteiger partial charge in [-0.1, -0.05) is 17.7 Å². The van der Waals surface area contributed by atoms with Crippen molar-refractivity contribution in [1.29, 1.82) is 0 Å². The summed E-state index contributed by atoms with van der Waals surface area (Å²) in [4.78, 5) is 17.0. The molecule has 0 saturated carbocycles. The van der Waals surface area contributed by atoms with E-state index in [1.165, 1.54) is 19.2 Å². The van der Waals surface area contributed by atoms with Crippen molar-refractivity contribution in [3.8, 4) is 11.5 Å². The third kappa shape index (κ3) is 4.48. The predicted octanol–water partition coefficient (Wildman–Crippen LogP) is 4.74. The van der Waals surface area contributed by atoms with Gasteiger partial charge in [0.15, 0.2) is 11.5 Å². The number of amides is 1. The zero-order valence-electron chi connectivity index (χ0n) is 15.1. The summed E-state index contributed by atoms with van der Waals surface area (Å²) in [5, 5.41) is 4.11. The van der Waals surface area contributed by atoms with E-state index in [9.17, 15) is 13.6 Å². The van der Waals surface area contributed by atoms with Gasteiger partial charge in [-0.15, -0.1) is 0 Å². The van der Waals surface area contributed by atoms with Crippen LogP contribution in [0.1, 0.15) is 21.6 Å². The van der Waals surface area contributed by atoms with Crippen LogP contribution in [0.25, 0.3) is 10.9 Å². The highest BCUT2D eigenvalue weighted by atomic mass is 35.5. The van der Waals surface area contributed by atoms with E-state index in [1.807, 2.05) is 0 Å². The molecule has 1 heterocycles. The standard InChI is InChI=1S/C20H17ClF2N2O3/c1-11-15(9-13-8-14(21)4-5-16(13)25-11)19(26)24-10-12-3-6-17(28-20(22)23)18(7-12)27-2/h3-9,20H,10H2,1-2H3,(H,24,26). The summed E-state index contributed by atoms with van der Waals surface area (Å²) >= 11 is 6.01. The Kier molecular flexibility index (Phi) is 5.94. The minimum Gasteiger partial charge on any atom is -0.493 e. The quantitative estimate of drug-likeness (QED) is 0.642. The van der Waals surface area contributed by atoms with E-state index in [2.05, 4.69) is 15.0 Å². The zero-order valence-corrected chi connectivity index (χ0v) is 15.9. The van der Waals surface area contributed by atoms with Crippen LogP contribution in [0.4, 0.5) is 8.78 Å². The number of halogens is 3. The largest absolute Gasteiger partial charge is 0.493 e. The molecule has 0 aliphatic heterocycles. The van der Waals surface area contributed by atoms with E-state index in [0.717, 1.165) is 10.9 Å². The van der Waals surface area contributed by atoms with Crippen molar-refractivity contribution in [2.24, 2.45) is 0 Å². The Morgan fingerprint density at radius 3 is 2.68 bits per heavy atom. The Hall–Kier alpha value is -2.93. The molecular weight excluding hydrogens is 390 g/mol. The van der Waals surface area contributed by atoms with Gasteiger partial charge in [-0.25, -0.2) is 0 Å². The van der Waals surface area contributed by atoms with Gasteiger partial charge in [0.1, 0.15) is 0 Å². The maximum atomic E-state index is 12.6. The van der Waals surface area contributed by atoms with Gasteiger partial charge < -0.3 is 14.8 Å². The fourth-order valence-corrected chi connectivity index (χ4v) is 2.95. The number of methoxy groups -OCH3 is 1. The number of nitrogens with zero attached hydrogens (tertiary/aromatic N) is 1. The second kappa shape index (κ2) is 8.39. The molecule has 0 saturated heterocycles. The summed E-state index contributed by atoms with van der Waals surface area (Å²) in [7, 11) is 1.35. The number of nitrogens with one attached hydrogen (secondary N) is 1. The summed E-state index contributed by atoms with van der Waals surface area (Å²) in [6.07, 6.45) is 0. The molecule has 8 heteroatoms. The maximum absolute atomic E-state index is 12.6. The Labute approximate surface area is 165 Å². The average Bonchev–Trinajstić information content (AvgIpc) is 2.66. The van der Waals surface area contributed by atoms with E-state index in [0.29, 0.717) is 21.8 Å². The van der Waals surface area contributed by atoms with Gasteiger partial charge in [0.25, 0.3) is 5.91 Å². The fraction of sp³-hybridized carbons (Fsp3) is 0.200. The summed E-state index contributed by atoms with van der Waals surface area (Å²) in [5.74, 6) is -0.219. The lowest BCUT2D eigenvalue weighted by Gasteiger charge is -2.12. The number of benzene rings is 2. The topological polar surface area (TPSA) is 60.5 Å². The zero-order chi connectivity index (χ0) is 20.3. The molecule has 0 fully saturated rings. The molecule has 1 amide bonds. The van der Waals surface area contributed by atoms with E-state index in [1.54, 1.807) is 37.3 Å². The van der Waals surface area contributed by atoms with Gasteiger partial charge in [-0.05, 0) is 48.9 Å². The molecule has 3 rings (SSSR count). The lowest BCUT2D eigenvalue weighted by molar-refractivity contribution is -0.0512. The Morgan fingerprint density at radius 1 is 1.18 bits per heavy atom. The Morgan fingerprint density at radius 2 is 1.96 bits per heavy atom. The highest BCUT2D eigenvalue weighted by Gasteiger charge is 2.14. The third-order valence-corrected chi connectivity index (χ3v) is 4.34. The number of aryl methyl sites for hydroxylation is 1. The molecule has 0 bridgehead atoms. The van der Waals surface area contributed by atoms with Gasteiger partial charge in [-0.2, -0.15) is 8.78 Å². The van der Waals surface area contributed by atoms with Crippen molar-refractivity contribution in [2.45, 2.75) is 20.1 Å². The summed E-state index contributed by atoms with van der Waals surface area (Å²) in [6, 6.07) is 11.5. The van der Waals surface area contributed by atoms with Crippen LogP contribution in [0.5, 0.6) is 11.5 Å². The number of carbonyl (C=O) groups excluding carboxylic acids is 1. The summed E-state index contributed by atoms with van der Waals surface area (Å²) in [6.45, 7) is -1.02. The molecule has 0 radical (unpaired) electrons. The van der Waals surface area contributed by atoms with Crippen molar-refractivity contribution in [3.63, 3.8) is 0 Å². The van der Waals surface area contributed by atoms with Crippen LogP contribution in [0.3, 0.4) is 0 Å². The molecule has 3 aromatic rings. The molecule has 0 aliphatic rings. The average molecular weight is 407 g/mol. The highest BCUT2D eigenvalue weighted by molar-refractivity contribution is 6.31. The molecule has 0 unspecified atom stereocenters. The van der Waals surface area contributed by atoms with Gasteiger partial charge in [-0.3, -0.25) is 9.78 Å². The van der Waals surface area contributed by atoms with Crippen LogP contribution in [0.2, 0.25) is 5.02 Å². The summed E-state index contributed by atoms with van der Waals surface area (Å²) in [5.41, 5.74) is 2.43. The lowest BCUT2D eigenvalue weighted by atomic mass is 10.1. The van der Waals surface area contributed by atoms with Crippen LogP contribution >= 0.6 is 11.6 Å². The third-order valence-electron chi connectivity index (χ3n) is 4.11. The molecule has 5 nitrogen and oxygen atoms in total. The van der Waals surface area contributed by atoms with Crippen LogP contribution in [0, 0.1) is 6.92 Å². The molecule has 0 aliphatic carbocycles. The maximum Gasteiger partial charge on any atom is 0.387 e. The van der Waals surface area contributed by atoms with E-state index >= 15 is 0 Å². The summed E-state index contributed by atoms with van der Waals surface area (Å²) < 4.78 is 34.3. The first-order chi connectivity index (χ1) is 13.4. The number of carbonyl (C=O) groups is 1. The number of pyridine rings is 1. The smallest absolute Gasteiger partial charge is 0.387 e. The van der Waals surface area contributed by atoms with E-state index in [-0.39, 0.29) is 24.0 Å². The van der Waals surface area contributed by atoms with Crippen molar-refractivity contribution in [3.05, 3.63) is 64.3 Å². The molecule has 1 aromatic heterocycles. The van der Waals surface area contributed by atoms with Gasteiger partial charge in [0.2, 0.25) is 0 Å². The fourth-order valence-electron chi connectivity index (χ4n) is 2.77. The SMILES string of the molecule is COc1cc(CNC(=O)c2cc3cc(Cl)ccc3nc2C)ccc1OC(F)F. The monoisotopic (exact) mass is 406 g/mol. The van der Waals surface area contributed by atoms with Crippen LogP contribution < -0.4 is 14.8 Å². The molecular formula is C20H17ClF2N2O3. The molecule has 1 N–H and O–H groups in total. The minimum atomic E-state index is -2.95. The van der Waals surface area contributed by atoms with Gasteiger partial charge in [0, 0.05) is 17.0 Å². The number of rotatable bonds is 6. The minimum absolute atomic E-state index is 0.0703. The number of hydrogen-bond acceptors (Lipinski definition) is 4. The number of aromatic nitrogens is 1. The number of hydrogen-bond donors (Lipinski definition) is 1. The Bertz CT molecular complexity index is 1030.